The van der Waals surface area contributed by atoms with Gasteiger partial charge in [0.1, 0.15) is 0 Å². The van der Waals surface area contributed by atoms with Gasteiger partial charge >= 0.3 is 5.97 Å². The number of carboxylic acids is 1. The number of fused-ring (bicyclic) bond motifs is 5. The molecule has 0 saturated heterocycles. The SMILES string of the molecule is C[C@H]1CC2C3CCC4=CC(=O)C=C[C@]4(C)[C@@]3(F)[C@@H](O)C[C@]2(C)[C@H]1C(O)C(=O)O. The summed E-state index contributed by atoms with van der Waals surface area (Å²) in [6, 6.07) is 0. The van der Waals surface area contributed by atoms with Crippen molar-refractivity contribution in [1.29, 1.82) is 0 Å². The van der Waals surface area contributed by atoms with Crippen LogP contribution in [0, 0.1) is 34.5 Å². The van der Waals surface area contributed by atoms with Gasteiger partial charge in [-0.3, -0.25) is 4.79 Å². The molecule has 0 heterocycles. The van der Waals surface area contributed by atoms with Crippen LogP contribution >= 0.6 is 0 Å². The zero-order valence-corrected chi connectivity index (χ0v) is 16.6. The first kappa shape index (κ1) is 19.8. The first-order chi connectivity index (χ1) is 13.0. The highest BCUT2D eigenvalue weighted by atomic mass is 19.1. The summed E-state index contributed by atoms with van der Waals surface area (Å²) < 4.78 is 16.8. The molecule has 0 aliphatic heterocycles. The summed E-state index contributed by atoms with van der Waals surface area (Å²) in [6.07, 6.45) is 3.53. The molecule has 0 spiro atoms. The fourth-order valence-corrected chi connectivity index (χ4v) is 7.44. The summed E-state index contributed by atoms with van der Waals surface area (Å²) in [5.74, 6) is -2.59. The summed E-state index contributed by atoms with van der Waals surface area (Å²) in [5, 5.41) is 30.9. The Morgan fingerprint density at radius 1 is 1.32 bits per heavy atom. The number of allylic oxidation sites excluding steroid dienone is 4. The topological polar surface area (TPSA) is 94.8 Å². The summed E-state index contributed by atoms with van der Waals surface area (Å²) in [4.78, 5) is 23.3. The van der Waals surface area contributed by atoms with Gasteiger partial charge in [-0.1, -0.05) is 25.5 Å². The quantitative estimate of drug-likeness (QED) is 0.672. The standard InChI is InChI=1S/C22H29FO5/c1-11-8-15-14-5-4-12-9-13(24)6-7-21(12,3)22(14,23)16(25)10-20(15,2)17(11)18(26)19(27)28/h6-7,9,11,14-18,25-26H,4-5,8,10H2,1-3H3,(H,27,28)/t11-,14?,15?,16-,17+,18?,20-,21-,22-/m0/s1. The van der Waals surface area contributed by atoms with Crippen LogP contribution in [0.3, 0.4) is 0 Å². The predicted octanol–water partition coefficient (Wildman–Crippen LogP) is 2.66. The molecule has 3 N–H and O–H groups in total. The molecule has 3 unspecified atom stereocenters. The molecule has 3 fully saturated rings. The number of carboxylic acid groups (broad SMARTS) is 1. The van der Waals surface area contributed by atoms with Crippen LogP contribution in [-0.4, -0.2) is 44.9 Å². The normalized spacial score (nSPS) is 51.0. The van der Waals surface area contributed by atoms with E-state index in [0.29, 0.717) is 19.3 Å². The predicted molar refractivity (Wildman–Crippen MR) is 100 cm³/mol. The van der Waals surface area contributed by atoms with Crippen LogP contribution in [0.15, 0.2) is 23.8 Å². The molecule has 9 atom stereocenters. The number of ketones is 1. The van der Waals surface area contributed by atoms with Crippen LogP contribution in [0.25, 0.3) is 0 Å². The Balaban J connectivity index is 1.79. The minimum Gasteiger partial charge on any atom is -0.479 e. The third kappa shape index (κ3) is 2.25. The maximum absolute atomic E-state index is 16.8. The number of rotatable bonds is 2. The fraction of sp³-hybridized carbons (Fsp3) is 0.727. The van der Waals surface area contributed by atoms with E-state index in [1.165, 1.54) is 12.2 Å². The number of aliphatic hydroxyl groups is 2. The average molecular weight is 392 g/mol. The van der Waals surface area contributed by atoms with Gasteiger partial charge in [-0.05, 0) is 62.0 Å². The van der Waals surface area contributed by atoms with Crippen molar-refractivity contribution in [2.45, 2.75) is 64.3 Å². The second kappa shape index (κ2) is 5.99. The Morgan fingerprint density at radius 2 is 2.00 bits per heavy atom. The molecule has 0 amide bonds. The Morgan fingerprint density at radius 3 is 2.64 bits per heavy atom. The molecule has 0 aromatic rings. The van der Waals surface area contributed by atoms with Crippen molar-refractivity contribution in [2.24, 2.45) is 34.5 Å². The number of alkyl halides is 1. The van der Waals surface area contributed by atoms with Gasteiger partial charge in [-0.25, -0.2) is 9.18 Å². The zero-order valence-electron chi connectivity index (χ0n) is 16.6. The lowest BCUT2D eigenvalue weighted by Crippen LogP contribution is -2.67. The number of aliphatic hydroxyl groups excluding tert-OH is 2. The van der Waals surface area contributed by atoms with E-state index in [1.807, 2.05) is 13.8 Å². The van der Waals surface area contributed by atoms with Gasteiger partial charge < -0.3 is 15.3 Å². The lowest BCUT2D eigenvalue weighted by atomic mass is 9.45. The van der Waals surface area contributed by atoms with Crippen molar-refractivity contribution < 1.29 is 29.3 Å². The Labute approximate surface area is 164 Å². The van der Waals surface area contributed by atoms with Crippen molar-refractivity contribution in [3.05, 3.63) is 23.8 Å². The lowest BCUT2D eigenvalue weighted by molar-refractivity contribution is -0.202. The van der Waals surface area contributed by atoms with E-state index in [1.54, 1.807) is 13.0 Å². The Bertz CT molecular complexity index is 790. The number of carbonyl (C=O) groups is 2. The molecule has 0 aromatic heterocycles. The van der Waals surface area contributed by atoms with Gasteiger partial charge in [0.15, 0.2) is 17.6 Å². The summed E-state index contributed by atoms with van der Waals surface area (Å²) >= 11 is 0. The van der Waals surface area contributed by atoms with Gasteiger partial charge in [0.2, 0.25) is 0 Å². The van der Waals surface area contributed by atoms with Crippen LogP contribution in [0.1, 0.15) is 46.5 Å². The molecule has 4 rings (SSSR count). The van der Waals surface area contributed by atoms with E-state index in [2.05, 4.69) is 0 Å². The van der Waals surface area contributed by atoms with E-state index in [4.69, 9.17) is 0 Å². The molecule has 4 aliphatic carbocycles. The van der Waals surface area contributed by atoms with E-state index < -0.39 is 46.5 Å². The van der Waals surface area contributed by atoms with Crippen LogP contribution in [0.5, 0.6) is 0 Å². The molecular weight excluding hydrogens is 363 g/mol. The Hall–Kier alpha value is -1.53. The summed E-state index contributed by atoms with van der Waals surface area (Å²) in [6.45, 7) is 5.60. The largest absolute Gasteiger partial charge is 0.479 e. The van der Waals surface area contributed by atoms with E-state index in [0.717, 1.165) is 5.57 Å². The summed E-state index contributed by atoms with van der Waals surface area (Å²) in [7, 11) is 0. The maximum Gasteiger partial charge on any atom is 0.332 e. The van der Waals surface area contributed by atoms with E-state index in [9.17, 15) is 24.9 Å². The number of halogens is 1. The molecular formula is C22H29FO5. The monoisotopic (exact) mass is 392 g/mol. The van der Waals surface area contributed by atoms with Crippen LogP contribution < -0.4 is 0 Å². The molecule has 28 heavy (non-hydrogen) atoms. The van der Waals surface area contributed by atoms with Crippen LogP contribution in [0.2, 0.25) is 0 Å². The fourth-order valence-electron chi connectivity index (χ4n) is 7.44. The van der Waals surface area contributed by atoms with Crippen LogP contribution in [0.4, 0.5) is 4.39 Å². The van der Waals surface area contributed by atoms with Gasteiger partial charge in [-0.2, -0.15) is 0 Å². The molecule has 154 valence electrons. The molecule has 0 radical (unpaired) electrons. The molecule has 0 aromatic carbocycles. The van der Waals surface area contributed by atoms with Crippen molar-refractivity contribution >= 4 is 11.8 Å². The molecule has 3 saturated carbocycles. The number of hydrogen-bond donors (Lipinski definition) is 3. The highest BCUT2D eigenvalue weighted by molar-refractivity contribution is 6.01. The average Bonchev–Trinajstić information content (AvgIpc) is 2.86. The Kier molecular flexibility index (Phi) is 4.23. The van der Waals surface area contributed by atoms with Gasteiger partial charge in [0, 0.05) is 17.3 Å². The molecule has 6 heteroatoms. The zero-order chi connectivity index (χ0) is 20.6. The first-order valence-corrected chi connectivity index (χ1v) is 10.2. The third-order valence-corrected chi connectivity index (χ3v) is 8.67. The maximum atomic E-state index is 16.8. The molecule has 4 aliphatic rings. The second-order valence-corrected chi connectivity index (χ2v) is 9.87. The van der Waals surface area contributed by atoms with Crippen molar-refractivity contribution in [3.8, 4) is 0 Å². The van der Waals surface area contributed by atoms with E-state index in [-0.39, 0.29) is 24.0 Å². The van der Waals surface area contributed by atoms with Gasteiger partial charge in [0.05, 0.1) is 6.10 Å². The second-order valence-electron chi connectivity index (χ2n) is 9.87. The smallest absolute Gasteiger partial charge is 0.332 e. The number of aliphatic carboxylic acids is 1. The highest BCUT2D eigenvalue weighted by Crippen LogP contribution is 2.70. The van der Waals surface area contributed by atoms with Gasteiger partial charge in [0.25, 0.3) is 0 Å². The van der Waals surface area contributed by atoms with Crippen LogP contribution in [-0.2, 0) is 9.59 Å². The number of carbonyl (C=O) groups excluding carboxylic acids is 1. The van der Waals surface area contributed by atoms with Crippen molar-refractivity contribution in [1.82, 2.24) is 0 Å². The van der Waals surface area contributed by atoms with E-state index >= 15 is 4.39 Å². The molecule has 5 nitrogen and oxygen atoms in total. The third-order valence-electron chi connectivity index (χ3n) is 8.67. The summed E-state index contributed by atoms with van der Waals surface area (Å²) in [5.41, 5.74) is -2.88. The lowest BCUT2D eigenvalue weighted by Gasteiger charge is -2.62. The minimum absolute atomic E-state index is 0.0797. The first-order valence-electron chi connectivity index (χ1n) is 10.2. The number of hydrogen-bond acceptors (Lipinski definition) is 4. The van der Waals surface area contributed by atoms with Gasteiger partial charge in [-0.15, -0.1) is 0 Å². The van der Waals surface area contributed by atoms with Crippen molar-refractivity contribution in [2.75, 3.05) is 0 Å². The minimum atomic E-state index is -1.92. The van der Waals surface area contributed by atoms with Crippen molar-refractivity contribution in [3.63, 3.8) is 0 Å². The molecule has 0 bridgehead atoms. The highest BCUT2D eigenvalue weighted by Gasteiger charge is 2.71.